The Morgan fingerprint density at radius 1 is 0.848 bits per heavy atom. The molecule has 3 fully saturated rings. The maximum atomic E-state index is 2.88. The molecule has 0 heterocycles. The first-order chi connectivity index (χ1) is 21.8. The van der Waals surface area contributed by atoms with Crippen LogP contribution in [0.5, 0.6) is 0 Å². The van der Waals surface area contributed by atoms with Crippen molar-refractivity contribution in [3.63, 3.8) is 0 Å². The van der Waals surface area contributed by atoms with Crippen LogP contribution in [0.1, 0.15) is 101 Å². The summed E-state index contributed by atoms with van der Waals surface area (Å²) in [4.78, 5) is 0. The standard InChI is InChI=1S/C45H60Si/c1-27(2)37-26-39-34(31-19-21-33(22-20-31)45(6,7)8)14-12-16-36(39)44(37)46(9,10)43-30(5)24-40-41(43)25-32-13-11-15-35(32)42(40)38-23-28(3)17-18-29(38)4/h12,14,16-23,25,27,30,36-37,39-41,43-44H,11,13,15,24,26H2,1-10H3. The van der Waals surface area contributed by atoms with Gasteiger partial charge in [0.2, 0.25) is 0 Å². The van der Waals surface area contributed by atoms with Crippen LogP contribution in [0.15, 0.2) is 77.9 Å². The van der Waals surface area contributed by atoms with Gasteiger partial charge in [-0.25, -0.2) is 0 Å². The molecular weight excluding hydrogens is 569 g/mol. The highest BCUT2D eigenvalue weighted by atomic mass is 28.3. The molecule has 0 spiro atoms. The van der Waals surface area contributed by atoms with Crippen molar-refractivity contribution in [2.75, 3.05) is 0 Å². The summed E-state index contributed by atoms with van der Waals surface area (Å²) in [6.45, 7) is 25.1. The largest absolute Gasteiger partial charge is 0.0808 e. The zero-order valence-corrected chi connectivity index (χ0v) is 31.6. The third kappa shape index (κ3) is 5.23. The fourth-order valence-electron chi connectivity index (χ4n) is 11.8. The second-order valence-corrected chi connectivity index (χ2v) is 23.2. The predicted molar refractivity (Wildman–Crippen MR) is 203 cm³/mol. The molecule has 0 nitrogen and oxygen atoms in total. The lowest BCUT2D eigenvalue weighted by molar-refractivity contribution is 0.372. The van der Waals surface area contributed by atoms with Gasteiger partial charge in [0.05, 0.1) is 8.07 Å². The Morgan fingerprint density at radius 3 is 2.28 bits per heavy atom. The Balaban J connectivity index is 1.25. The van der Waals surface area contributed by atoms with E-state index in [1.807, 2.05) is 0 Å². The molecule has 0 radical (unpaired) electrons. The molecule has 0 N–H and O–H groups in total. The van der Waals surface area contributed by atoms with E-state index >= 15 is 0 Å². The second-order valence-electron chi connectivity index (χ2n) is 18.2. The molecule has 46 heavy (non-hydrogen) atoms. The molecule has 0 aliphatic heterocycles. The summed E-state index contributed by atoms with van der Waals surface area (Å²) in [6.07, 6.45) is 17.1. The van der Waals surface area contributed by atoms with Crippen molar-refractivity contribution in [2.45, 2.75) is 117 Å². The van der Waals surface area contributed by atoms with E-state index in [0.29, 0.717) is 23.7 Å². The van der Waals surface area contributed by atoms with Gasteiger partial charge in [0.1, 0.15) is 0 Å². The van der Waals surface area contributed by atoms with Gasteiger partial charge in [-0.05, 0) is 148 Å². The summed E-state index contributed by atoms with van der Waals surface area (Å²) >= 11 is 0. The first-order valence-electron chi connectivity index (χ1n) is 18.8. The third-order valence-electron chi connectivity index (χ3n) is 13.7. The molecule has 0 aromatic heterocycles. The second kappa shape index (κ2) is 11.6. The number of allylic oxidation sites excluding steroid dienone is 8. The summed E-state index contributed by atoms with van der Waals surface area (Å²) in [5.41, 5.74) is 16.1. The Bertz CT molecular complexity index is 1620. The van der Waals surface area contributed by atoms with Crippen LogP contribution in [-0.2, 0) is 5.41 Å². The molecule has 244 valence electrons. The lowest BCUT2D eigenvalue weighted by atomic mass is 9.74. The van der Waals surface area contributed by atoms with E-state index in [-0.39, 0.29) is 5.41 Å². The molecule has 5 aliphatic rings. The Kier molecular flexibility index (Phi) is 8.15. The molecule has 0 saturated heterocycles. The monoisotopic (exact) mass is 628 g/mol. The first kappa shape index (κ1) is 32.2. The van der Waals surface area contributed by atoms with Gasteiger partial charge >= 0.3 is 0 Å². The molecule has 7 rings (SSSR count). The third-order valence-corrected chi connectivity index (χ3v) is 18.9. The van der Waals surface area contributed by atoms with Crippen molar-refractivity contribution >= 4 is 19.2 Å². The summed E-state index contributed by atoms with van der Waals surface area (Å²) in [7, 11) is -1.75. The van der Waals surface area contributed by atoms with E-state index in [1.54, 1.807) is 27.9 Å². The smallest absolute Gasteiger partial charge is 0.0553 e. The van der Waals surface area contributed by atoms with E-state index in [0.717, 1.165) is 28.8 Å². The molecule has 0 amide bonds. The van der Waals surface area contributed by atoms with Crippen molar-refractivity contribution < 1.29 is 0 Å². The SMILES string of the molecule is Cc1ccc(C)c(C2=C3CCCC3=CC3C2CC(C)C3[Si](C)(C)C2C3C=CC=C(c4ccc(C(C)(C)C)cc4)C3CC2C(C)C)c1. The van der Waals surface area contributed by atoms with Gasteiger partial charge in [-0.1, -0.05) is 127 Å². The fraction of sp³-hybridized carbons (Fsp3) is 0.556. The van der Waals surface area contributed by atoms with Crippen LogP contribution in [0.25, 0.3) is 11.1 Å². The highest BCUT2D eigenvalue weighted by molar-refractivity contribution is 6.80. The van der Waals surface area contributed by atoms with Crippen LogP contribution in [0, 0.1) is 55.3 Å². The Hall–Kier alpha value is -2.38. The quantitative estimate of drug-likeness (QED) is 0.289. The van der Waals surface area contributed by atoms with E-state index in [4.69, 9.17) is 0 Å². The van der Waals surface area contributed by atoms with E-state index in [9.17, 15) is 0 Å². The van der Waals surface area contributed by atoms with Crippen molar-refractivity contribution in [1.82, 2.24) is 0 Å². The zero-order valence-electron chi connectivity index (χ0n) is 30.6. The normalized spacial score (nSPS) is 32.4. The van der Waals surface area contributed by atoms with Crippen molar-refractivity contribution in [2.24, 2.45) is 41.4 Å². The molecule has 8 unspecified atom stereocenters. The molecule has 2 aromatic carbocycles. The highest BCUT2D eigenvalue weighted by Gasteiger charge is 2.59. The van der Waals surface area contributed by atoms with Crippen LogP contribution < -0.4 is 0 Å². The maximum Gasteiger partial charge on any atom is 0.0553 e. The minimum atomic E-state index is -1.75. The lowest BCUT2D eigenvalue weighted by Crippen LogP contribution is -2.46. The minimum absolute atomic E-state index is 0.190. The zero-order chi connectivity index (χ0) is 32.7. The molecular formula is C45H60Si. The van der Waals surface area contributed by atoms with Crippen LogP contribution in [0.4, 0.5) is 0 Å². The van der Waals surface area contributed by atoms with Crippen LogP contribution in [0.2, 0.25) is 24.2 Å². The average Bonchev–Trinajstić information content (AvgIpc) is 3.72. The van der Waals surface area contributed by atoms with Gasteiger partial charge in [0.25, 0.3) is 0 Å². The van der Waals surface area contributed by atoms with E-state index < -0.39 is 8.07 Å². The van der Waals surface area contributed by atoms with Gasteiger partial charge < -0.3 is 0 Å². The van der Waals surface area contributed by atoms with Gasteiger partial charge in [0.15, 0.2) is 0 Å². The van der Waals surface area contributed by atoms with Crippen LogP contribution in [-0.4, -0.2) is 8.07 Å². The first-order valence-corrected chi connectivity index (χ1v) is 21.9. The fourth-order valence-corrected chi connectivity index (χ4v) is 18.1. The van der Waals surface area contributed by atoms with E-state index in [2.05, 4.69) is 135 Å². The van der Waals surface area contributed by atoms with E-state index in [1.165, 1.54) is 54.4 Å². The van der Waals surface area contributed by atoms with Gasteiger partial charge in [-0.2, -0.15) is 0 Å². The summed E-state index contributed by atoms with van der Waals surface area (Å²) in [6, 6.07) is 16.9. The van der Waals surface area contributed by atoms with Crippen molar-refractivity contribution in [1.29, 1.82) is 0 Å². The molecule has 8 atom stereocenters. The number of fused-ring (bicyclic) bond motifs is 3. The minimum Gasteiger partial charge on any atom is -0.0808 e. The predicted octanol–water partition coefficient (Wildman–Crippen LogP) is 12.8. The van der Waals surface area contributed by atoms with Crippen molar-refractivity contribution in [3.05, 3.63) is 106 Å². The number of aryl methyl sites for hydroxylation is 2. The summed E-state index contributed by atoms with van der Waals surface area (Å²) < 4.78 is 0. The number of hydrogen-bond acceptors (Lipinski definition) is 0. The number of benzene rings is 2. The molecule has 0 bridgehead atoms. The number of hydrogen-bond donors (Lipinski definition) is 0. The molecule has 1 heteroatoms. The molecule has 2 aromatic rings. The van der Waals surface area contributed by atoms with Gasteiger partial charge in [-0.3, -0.25) is 0 Å². The Labute approximate surface area is 282 Å². The Morgan fingerprint density at radius 2 is 1.59 bits per heavy atom. The topological polar surface area (TPSA) is 0 Å². The highest BCUT2D eigenvalue weighted by Crippen LogP contribution is 2.67. The maximum absolute atomic E-state index is 2.88. The summed E-state index contributed by atoms with van der Waals surface area (Å²) in [5, 5.41) is 0. The average molecular weight is 629 g/mol. The lowest BCUT2D eigenvalue weighted by Gasteiger charge is -2.47. The van der Waals surface area contributed by atoms with Crippen molar-refractivity contribution in [3.8, 4) is 0 Å². The van der Waals surface area contributed by atoms with Gasteiger partial charge in [0, 0.05) is 0 Å². The van der Waals surface area contributed by atoms with Gasteiger partial charge in [-0.15, -0.1) is 0 Å². The van der Waals surface area contributed by atoms with Crippen LogP contribution >= 0.6 is 0 Å². The summed E-state index contributed by atoms with van der Waals surface area (Å²) in [5.74, 6) is 5.04. The molecule has 3 saturated carbocycles. The van der Waals surface area contributed by atoms with Crippen LogP contribution in [0.3, 0.4) is 0 Å². The number of rotatable bonds is 5. The molecule has 5 aliphatic carbocycles.